The molecule has 0 saturated carbocycles. The zero-order valence-corrected chi connectivity index (χ0v) is 11.3. The number of nitroso groups, excluding NO2 is 1. The SMILES string of the molecule is NC(=O)c1cc[n+](COCN2C=CC=C/C2=C/N=O)cc1. The van der Waals surface area contributed by atoms with Gasteiger partial charge < -0.3 is 15.4 Å². The molecule has 1 aliphatic rings. The Morgan fingerprint density at radius 3 is 2.81 bits per heavy atom. The molecular weight excluding hydrogens is 272 g/mol. The van der Waals surface area contributed by atoms with Crippen LogP contribution in [0, 0.1) is 4.91 Å². The molecule has 2 N–H and O–H groups in total. The first-order valence-corrected chi connectivity index (χ1v) is 6.21. The fraction of sp³-hybridized carbons (Fsp3) is 0.143. The number of rotatable bonds is 6. The van der Waals surface area contributed by atoms with Crippen LogP contribution in [-0.4, -0.2) is 17.5 Å². The Morgan fingerprint density at radius 2 is 2.14 bits per heavy atom. The largest absolute Gasteiger partial charge is 0.366 e. The maximum Gasteiger partial charge on any atom is 0.254 e. The standard InChI is InChI=1S/C14H14N4O3/c15-14(19)12-4-7-17(8-5-12)10-21-11-18-6-2-1-3-13(18)9-16-20/h1-9H,10-11H2,(H-,15,19)/p+1/b13-9-. The predicted octanol–water partition coefficient (Wildman–Crippen LogP) is 0.998. The van der Waals surface area contributed by atoms with Crippen LogP contribution in [0.15, 0.2) is 66.0 Å². The first kappa shape index (κ1) is 14.6. The fourth-order valence-electron chi connectivity index (χ4n) is 1.73. The minimum atomic E-state index is -0.468. The van der Waals surface area contributed by atoms with Crippen LogP contribution in [0.25, 0.3) is 0 Å². The van der Waals surface area contributed by atoms with E-state index >= 15 is 0 Å². The van der Waals surface area contributed by atoms with Crippen LogP contribution in [-0.2, 0) is 11.5 Å². The number of nitrogens with two attached hydrogens (primary N) is 1. The van der Waals surface area contributed by atoms with Gasteiger partial charge in [0.15, 0.2) is 12.4 Å². The van der Waals surface area contributed by atoms with Crippen molar-refractivity contribution in [2.45, 2.75) is 6.73 Å². The summed E-state index contributed by atoms with van der Waals surface area (Å²) in [7, 11) is 0. The second-order valence-corrected chi connectivity index (χ2v) is 4.26. The number of allylic oxidation sites excluding steroid dienone is 3. The van der Waals surface area contributed by atoms with Gasteiger partial charge in [0.05, 0.1) is 17.5 Å². The molecule has 0 unspecified atom stereocenters. The third kappa shape index (κ3) is 4.08. The Kier molecular flexibility index (Phi) is 4.94. The molecule has 0 atom stereocenters. The Morgan fingerprint density at radius 1 is 1.38 bits per heavy atom. The van der Waals surface area contributed by atoms with Crippen LogP contribution < -0.4 is 10.3 Å². The van der Waals surface area contributed by atoms with Gasteiger partial charge in [-0.25, -0.2) is 0 Å². The van der Waals surface area contributed by atoms with E-state index in [2.05, 4.69) is 5.18 Å². The second kappa shape index (κ2) is 7.11. The van der Waals surface area contributed by atoms with Crippen molar-refractivity contribution in [1.29, 1.82) is 0 Å². The molecule has 0 aromatic carbocycles. The molecule has 0 aliphatic carbocycles. The van der Waals surface area contributed by atoms with Crippen molar-refractivity contribution in [3.8, 4) is 0 Å². The summed E-state index contributed by atoms with van der Waals surface area (Å²) in [6.07, 6.45) is 11.8. The summed E-state index contributed by atoms with van der Waals surface area (Å²) < 4.78 is 7.30. The van der Waals surface area contributed by atoms with E-state index < -0.39 is 5.91 Å². The van der Waals surface area contributed by atoms with Crippen molar-refractivity contribution in [2.75, 3.05) is 6.73 Å². The molecule has 0 spiro atoms. The first-order chi connectivity index (χ1) is 10.2. The summed E-state index contributed by atoms with van der Waals surface area (Å²) in [6, 6.07) is 3.24. The van der Waals surface area contributed by atoms with Gasteiger partial charge in [-0.2, -0.15) is 4.57 Å². The molecule has 1 aliphatic heterocycles. The highest BCUT2D eigenvalue weighted by atomic mass is 16.5. The lowest BCUT2D eigenvalue weighted by molar-refractivity contribution is -0.733. The molecule has 108 valence electrons. The first-order valence-electron chi connectivity index (χ1n) is 6.21. The molecule has 7 heteroatoms. The highest BCUT2D eigenvalue weighted by Gasteiger charge is 2.09. The fourth-order valence-corrected chi connectivity index (χ4v) is 1.73. The van der Waals surface area contributed by atoms with Gasteiger partial charge in [-0.1, -0.05) is 6.08 Å². The highest BCUT2D eigenvalue weighted by molar-refractivity contribution is 5.92. The molecule has 0 radical (unpaired) electrons. The lowest BCUT2D eigenvalue weighted by Gasteiger charge is -2.21. The number of amides is 1. The minimum absolute atomic E-state index is 0.271. The summed E-state index contributed by atoms with van der Waals surface area (Å²) in [4.78, 5) is 23.0. The van der Waals surface area contributed by atoms with Crippen molar-refractivity contribution < 1.29 is 14.1 Å². The molecular formula is C14H15N4O3+. The molecule has 2 heterocycles. The maximum atomic E-state index is 11.0. The van der Waals surface area contributed by atoms with Gasteiger partial charge in [0.1, 0.15) is 6.73 Å². The number of nitrogens with zero attached hydrogens (tertiary/aromatic N) is 3. The number of ether oxygens (including phenoxy) is 1. The van der Waals surface area contributed by atoms with E-state index in [1.54, 1.807) is 46.3 Å². The number of pyridine rings is 1. The molecule has 1 amide bonds. The number of primary amides is 1. The molecule has 0 saturated heterocycles. The third-order valence-electron chi connectivity index (χ3n) is 2.81. The van der Waals surface area contributed by atoms with Crippen LogP contribution in [0.1, 0.15) is 10.4 Å². The van der Waals surface area contributed by atoms with Gasteiger partial charge in [-0.15, -0.1) is 4.91 Å². The lowest BCUT2D eigenvalue weighted by Crippen LogP contribution is -2.36. The van der Waals surface area contributed by atoms with E-state index in [0.29, 0.717) is 18.0 Å². The highest BCUT2D eigenvalue weighted by Crippen LogP contribution is 2.12. The Balaban J connectivity index is 1.87. The average molecular weight is 287 g/mol. The number of carbonyl (C=O) groups is 1. The summed E-state index contributed by atoms with van der Waals surface area (Å²) in [5.41, 5.74) is 6.26. The van der Waals surface area contributed by atoms with Gasteiger partial charge in [0.25, 0.3) is 6.73 Å². The predicted molar refractivity (Wildman–Crippen MR) is 75.1 cm³/mol. The van der Waals surface area contributed by atoms with E-state index in [9.17, 15) is 9.70 Å². The van der Waals surface area contributed by atoms with E-state index in [0.717, 1.165) is 0 Å². The van der Waals surface area contributed by atoms with E-state index in [1.807, 2.05) is 12.2 Å². The van der Waals surface area contributed by atoms with Crippen molar-refractivity contribution in [2.24, 2.45) is 10.9 Å². The zero-order chi connectivity index (χ0) is 15.1. The normalized spacial score (nSPS) is 15.4. The van der Waals surface area contributed by atoms with Gasteiger partial charge in [0.2, 0.25) is 5.91 Å². The minimum Gasteiger partial charge on any atom is -0.366 e. The van der Waals surface area contributed by atoms with E-state index in [4.69, 9.17) is 10.5 Å². The van der Waals surface area contributed by atoms with Crippen molar-refractivity contribution >= 4 is 5.91 Å². The maximum absolute atomic E-state index is 11.0. The van der Waals surface area contributed by atoms with Crippen molar-refractivity contribution in [1.82, 2.24) is 4.90 Å². The smallest absolute Gasteiger partial charge is 0.254 e. The van der Waals surface area contributed by atoms with Crippen molar-refractivity contribution in [3.05, 3.63) is 71.3 Å². The van der Waals surface area contributed by atoms with Gasteiger partial charge in [0, 0.05) is 18.3 Å². The zero-order valence-electron chi connectivity index (χ0n) is 11.3. The Hall–Kier alpha value is -2.80. The van der Waals surface area contributed by atoms with Crippen LogP contribution in [0.4, 0.5) is 0 Å². The molecule has 0 bridgehead atoms. The van der Waals surface area contributed by atoms with Crippen molar-refractivity contribution in [3.63, 3.8) is 0 Å². The quantitative estimate of drug-likeness (QED) is 0.624. The molecule has 21 heavy (non-hydrogen) atoms. The number of hydrogen-bond donors (Lipinski definition) is 1. The summed E-state index contributed by atoms with van der Waals surface area (Å²) >= 11 is 0. The van der Waals surface area contributed by atoms with Crippen LogP contribution in [0.3, 0.4) is 0 Å². The molecule has 0 fully saturated rings. The van der Waals surface area contributed by atoms with Gasteiger partial charge >= 0.3 is 0 Å². The molecule has 7 nitrogen and oxygen atoms in total. The van der Waals surface area contributed by atoms with Crippen LogP contribution >= 0.6 is 0 Å². The van der Waals surface area contributed by atoms with Crippen LogP contribution in [0.2, 0.25) is 0 Å². The monoisotopic (exact) mass is 287 g/mol. The lowest BCUT2D eigenvalue weighted by atomic mass is 10.2. The van der Waals surface area contributed by atoms with E-state index in [-0.39, 0.29) is 6.73 Å². The van der Waals surface area contributed by atoms with Crippen LogP contribution in [0.5, 0.6) is 0 Å². The Bertz CT molecular complexity index is 605. The second-order valence-electron chi connectivity index (χ2n) is 4.26. The molecule has 2 rings (SSSR count). The Labute approximate surface area is 121 Å². The topological polar surface area (TPSA) is 88.9 Å². The summed E-state index contributed by atoms with van der Waals surface area (Å²) in [5, 5.41) is 2.76. The average Bonchev–Trinajstić information content (AvgIpc) is 2.50. The number of hydrogen-bond acceptors (Lipinski definition) is 5. The summed E-state index contributed by atoms with van der Waals surface area (Å²) in [5.74, 6) is -0.468. The summed E-state index contributed by atoms with van der Waals surface area (Å²) in [6.45, 7) is 0.571. The number of carbonyl (C=O) groups excluding carboxylic acids is 1. The van der Waals surface area contributed by atoms with E-state index in [1.165, 1.54) is 6.20 Å². The van der Waals surface area contributed by atoms with Gasteiger partial charge in [-0.3, -0.25) is 4.79 Å². The number of aromatic nitrogens is 1. The van der Waals surface area contributed by atoms with Gasteiger partial charge in [-0.05, 0) is 17.3 Å². The molecule has 1 aromatic heterocycles. The third-order valence-corrected chi connectivity index (χ3v) is 2.81. The molecule has 1 aromatic rings.